The molecule has 4 saturated carbocycles. The first-order valence-electron chi connectivity index (χ1n) is 16.2. The lowest BCUT2D eigenvalue weighted by atomic mass is 9.44. The van der Waals surface area contributed by atoms with Crippen molar-refractivity contribution in [2.24, 2.45) is 34.5 Å². The van der Waals surface area contributed by atoms with Gasteiger partial charge in [-0.3, -0.25) is 4.79 Å². The van der Waals surface area contributed by atoms with Crippen molar-refractivity contribution in [3.8, 4) is 5.75 Å². The van der Waals surface area contributed by atoms with Crippen molar-refractivity contribution in [2.45, 2.75) is 116 Å². The van der Waals surface area contributed by atoms with Crippen LogP contribution in [0.1, 0.15) is 109 Å². The summed E-state index contributed by atoms with van der Waals surface area (Å²) in [6.07, 6.45) is 14.0. The lowest BCUT2D eigenvalue weighted by Gasteiger charge is -2.60. The molecule has 6 rings (SSSR count). The highest BCUT2D eigenvalue weighted by molar-refractivity contribution is 7.99. The number of carbonyl (C=O) groups excluding carboxylic acids is 1. The van der Waals surface area contributed by atoms with Gasteiger partial charge in [0, 0.05) is 30.3 Å². The molecule has 0 radical (unpaired) electrons. The summed E-state index contributed by atoms with van der Waals surface area (Å²) in [5, 5.41) is 15.3. The number of rotatable bonds is 8. The van der Waals surface area contributed by atoms with Crippen LogP contribution in [0, 0.1) is 34.5 Å². The van der Waals surface area contributed by atoms with E-state index in [1.807, 2.05) is 0 Å². The molecule has 8 atom stereocenters. The zero-order chi connectivity index (χ0) is 27.0. The van der Waals surface area contributed by atoms with E-state index in [2.05, 4.69) is 55.2 Å². The molecule has 0 amide bonds. The minimum Gasteiger partial charge on any atom is -0.494 e. The Bertz CT molecular complexity index is 1010. The molecule has 1 aromatic carbocycles. The van der Waals surface area contributed by atoms with Crippen LogP contribution in [0.25, 0.3) is 0 Å². The van der Waals surface area contributed by atoms with Crippen molar-refractivity contribution in [3.05, 3.63) is 29.8 Å². The Hall–Kier alpha value is -1.04. The van der Waals surface area contributed by atoms with Gasteiger partial charge in [0.2, 0.25) is 0 Å². The van der Waals surface area contributed by atoms with Crippen LogP contribution < -0.4 is 10.1 Å². The molecule has 216 valence electrons. The average molecular weight is 554 g/mol. The van der Waals surface area contributed by atoms with Gasteiger partial charge < -0.3 is 15.2 Å². The zero-order valence-corrected chi connectivity index (χ0v) is 25.2. The van der Waals surface area contributed by atoms with Crippen LogP contribution in [-0.2, 0) is 4.79 Å². The maximum atomic E-state index is 12.2. The van der Waals surface area contributed by atoms with Gasteiger partial charge in [0.1, 0.15) is 11.5 Å². The molecule has 4 aliphatic carbocycles. The number of hydrogen-bond donors (Lipinski definition) is 2. The second kappa shape index (κ2) is 11.7. The second-order valence-corrected chi connectivity index (χ2v) is 15.2. The van der Waals surface area contributed by atoms with E-state index >= 15 is 0 Å². The Labute approximate surface area is 240 Å². The molecule has 1 aliphatic heterocycles. The fourth-order valence-electron chi connectivity index (χ4n) is 10.1. The highest BCUT2D eigenvalue weighted by Crippen LogP contribution is 2.66. The van der Waals surface area contributed by atoms with Crippen molar-refractivity contribution in [3.63, 3.8) is 0 Å². The molecule has 5 heteroatoms. The summed E-state index contributed by atoms with van der Waals surface area (Å²) < 4.78 is 6.46. The van der Waals surface area contributed by atoms with Gasteiger partial charge in [-0.15, -0.1) is 0 Å². The summed E-state index contributed by atoms with van der Waals surface area (Å²) in [6, 6.07) is 9.76. The number of aliphatic hydroxyl groups is 1. The van der Waals surface area contributed by atoms with E-state index in [0.29, 0.717) is 47.6 Å². The monoisotopic (exact) mass is 553 g/mol. The lowest BCUT2D eigenvalue weighted by Crippen LogP contribution is -2.55. The number of hydrogen-bond acceptors (Lipinski definition) is 5. The maximum Gasteiger partial charge on any atom is 0.133 e. The van der Waals surface area contributed by atoms with Crippen molar-refractivity contribution >= 4 is 17.5 Å². The summed E-state index contributed by atoms with van der Waals surface area (Å²) in [7, 11) is 0. The Morgan fingerprint density at radius 3 is 2.74 bits per heavy atom. The summed E-state index contributed by atoms with van der Waals surface area (Å²) in [4.78, 5) is 12.2. The van der Waals surface area contributed by atoms with E-state index in [0.717, 1.165) is 56.6 Å². The molecule has 39 heavy (non-hydrogen) atoms. The van der Waals surface area contributed by atoms with Crippen molar-refractivity contribution in [1.29, 1.82) is 0 Å². The smallest absolute Gasteiger partial charge is 0.133 e. The van der Waals surface area contributed by atoms with E-state index < -0.39 is 0 Å². The first kappa shape index (κ1) is 28.1. The van der Waals surface area contributed by atoms with Gasteiger partial charge in [0.15, 0.2) is 0 Å². The first-order chi connectivity index (χ1) is 18.9. The Kier molecular flexibility index (Phi) is 8.42. The van der Waals surface area contributed by atoms with Crippen LogP contribution in [0.5, 0.6) is 5.75 Å². The number of benzene rings is 1. The van der Waals surface area contributed by atoms with Crippen LogP contribution >= 0.6 is 11.8 Å². The summed E-state index contributed by atoms with van der Waals surface area (Å²) in [5.41, 5.74) is 1.67. The quantitative estimate of drug-likeness (QED) is 0.353. The molecule has 5 fully saturated rings. The Morgan fingerprint density at radius 2 is 1.92 bits per heavy atom. The molecule has 0 bridgehead atoms. The molecule has 1 aromatic rings. The normalized spacial score (nSPS) is 39.5. The Balaban J connectivity index is 1.11. The van der Waals surface area contributed by atoms with Gasteiger partial charge in [-0.25, -0.2) is 0 Å². The van der Waals surface area contributed by atoms with Gasteiger partial charge >= 0.3 is 0 Å². The fraction of sp³-hybridized carbons (Fsp3) is 0.794. The highest BCUT2D eigenvalue weighted by Gasteiger charge is 2.61. The van der Waals surface area contributed by atoms with Crippen molar-refractivity contribution in [1.82, 2.24) is 5.32 Å². The summed E-state index contributed by atoms with van der Waals surface area (Å²) >= 11 is 2.08. The lowest BCUT2D eigenvalue weighted by molar-refractivity contribution is -0.145. The minimum atomic E-state index is -0.195. The summed E-state index contributed by atoms with van der Waals surface area (Å²) in [5.74, 6) is 6.65. The number of carbonyl (C=O) groups is 1. The number of nitrogens with one attached hydrogen (secondary N) is 1. The molecule has 6 unspecified atom stereocenters. The molecular weight excluding hydrogens is 502 g/mol. The second-order valence-electron chi connectivity index (χ2n) is 13.9. The molecule has 1 heterocycles. The average Bonchev–Trinajstić information content (AvgIpc) is 3.29. The SMILES string of the molecule is CCC(NC1CCSCC1)c1cccc(OCC[C@]23CCC4C(CCC5CC(=O)CC[C@@]54C)C2CCC3O)c1. The predicted octanol–water partition coefficient (Wildman–Crippen LogP) is 7.34. The Morgan fingerprint density at radius 1 is 1.08 bits per heavy atom. The van der Waals surface area contributed by atoms with E-state index in [-0.39, 0.29) is 11.5 Å². The molecule has 0 spiro atoms. The minimum absolute atomic E-state index is 0.0129. The van der Waals surface area contributed by atoms with Crippen LogP contribution in [0.3, 0.4) is 0 Å². The first-order valence-corrected chi connectivity index (χ1v) is 17.3. The van der Waals surface area contributed by atoms with Crippen LogP contribution in [-0.4, -0.2) is 41.1 Å². The largest absolute Gasteiger partial charge is 0.494 e. The fourth-order valence-corrected chi connectivity index (χ4v) is 11.2. The van der Waals surface area contributed by atoms with Gasteiger partial charge in [-0.1, -0.05) is 26.0 Å². The number of Topliss-reactive ketones (excluding diaryl/α,β-unsaturated/α-hetero) is 1. The van der Waals surface area contributed by atoms with Crippen LogP contribution in [0.2, 0.25) is 0 Å². The van der Waals surface area contributed by atoms with Crippen LogP contribution in [0.4, 0.5) is 0 Å². The predicted molar refractivity (Wildman–Crippen MR) is 160 cm³/mol. The molecule has 5 aliphatic rings. The van der Waals surface area contributed by atoms with Crippen LogP contribution in [0.15, 0.2) is 24.3 Å². The standard InChI is InChI=1S/C34H51NO3S/c1-3-31(35-25-13-19-39-20-14-25)23-5-4-6-27(21-23)38-18-17-34-16-12-29-28(30(34)9-10-32(34)37)8-7-24-22-26(36)11-15-33(24,29)2/h4-6,21,24-25,28-32,35,37H,3,7-20,22H2,1-2H3/t24?,28?,29?,30?,31?,32?,33-,34+/m0/s1. The van der Waals surface area contributed by atoms with E-state index in [1.54, 1.807) is 0 Å². The number of aliphatic hydroxyl groups excluding tert-OH is 1. The van der Waals surface area contributed by atoms with Crippen molar-refractivity contribution < 1.29 is 14.6 Å². The van der Waals surface area contributed by atoms with Crippen molar-refractivity contribution in [2.75, 3.05) is 18.1 Å². The molecular formula is C34H51NO3S. The van der Waals surface area contributed by atoms with Gasteiger partial charge in [-0.05, 0) is 129 Å². The highest BCUT2D eigenvalue weighted by atomic mass is 32.2. The van der Waals surface area contributed by atoms with Gasteiger partial charge in [0.05, 0.1) is 12.7 Å². The van der Waals surface area contributed by atoms with E-state index in [1.165, 1.54) is 55.6 Å². The molecule has 4 nitrogen and oxygen atoms in total. The van der Waals surface area contributed by atoms with E-state index in [4.69, 9.17) is 4.74 Å². The molecule has 1 saturated heterocycles. The number of ketones is 1. The third-order valence-electron chi connectivity index (χ3n) is 12.3. The number of ether oxygens (including phenoxy) is 1. The molecule has 2 N–H and O–H groups in total. The third kappa shape index (κ3) is 5.34. The number of fused-ring (bicyclic) bond motifs is 5. The number of thioether (sulfide) groups is 1. The summed E-state index contributed by atoms with van der Waals surface area (Å²) in [6.45, 7) is 5.48. The zero-order valence-electron chi connectivity index (χ0n) is 24.3. The van der Waals surface area contributed by atoms with Gasteiger partial charge in [-0.2, -0.15) is 11.8 Å². The maximum absolute atomic E-state index is 12.2. The third-order valence-corrected chi connectivity index (χ3v) is 13.4. The topological polar surface area (TPSA) is 58.6 Å². The molecule has 0 aromatic heterocycles. The van der Waals surface area contributed by atoms with E-state index in [9.17, 15) is 9.90 Å². The van der Waals surface area contributed by atoms with Gasteiger partial charge in [0.25, 0.3) is 0 Å².